The number of ether oxygens (including phenoxy) is 1. The molecular formula is C8H16ClNO. The van der Waals surface area contributed by atoms with Crippen molar-refractivity contribution in [3.05, 3.63) is 0 Å². The van der Waals surface area contributed by atoms with Crippen molar-refractivity contribution in [3.8, 4) is 0 Å². The minimum Gasteiger partial charge on any atom is -0.381 e. The lowest BCUT2D eigenvalue weighted by molar-refractivity contribution is 0.0641. The molecule has 1 aliphatic heterocycles. The fourth-order valence-electron chi connectivity index (χ4n) is 1.41. The molecule has 0 spiro atoms. The Morgan fingerprint density at radius 1 is 1.36 bits per heavy atom. The summed E-state index contributed by atoms with van der Waals surface area (Å²) in [4.78, 5) is 0. The molecule has 0 bridgehead atoms. The molecule has 0 amide bonds. The summed E-state index contributed by atoms with van der Waals surface area (Å²) in [6, 6.07) is 0.573. The summed E-state index contributed by atoms with van der Waals surface area (Å²) in [5.74, 6) is 0.861. The third kappa shape index (κ3) is 3.94. The zero-order valence-corrected chi connectivity index (χ0v) is 7.57. The van der Waals surface area contributed by atoms with E-state index in [0.717, 1.165) is 25.7 Å². The predicted molar refractivity (Wildman–Crippen MR) is 46.9 cm³/mol. The molecule has 0 aromatic rings. The van der Waals surface area contributed by atoms with Crippen LogP contribution < -0.4 is 5.32 Å². The second-order valence-corrected chi connectivity index (χ2v) is 3.25. The van der Waals surface area contributed by atoms with Crippen LogP contribution in [0, 0.1) is 5.92 Å². The van der Waals surface area contributed by atoms with Crippen molar-refractivity contribution in [1.29, 1.82) is 0 Å². The highest BCUT2D eigenvalue weighted by Crippen LogP contribution is 2.17. The van der Waals surface area contributed by atoms with Gasteiger partial charge in [-0.15, -0.1) is 11.6 Å². The molecule has 1 heterocycles. The fraction of sp³-hybridized carbons (Fsp3) is 1.00. The van der Waals surface area contributed by atoms with Crippen molar-refractivity contribution >= 4 is 11.6 Å². The summed E-state index contributed by atoms with van der Waals surface area (Å²) in [7, 11) is 0. The second kappa shape index (κ2) is 5.81. The maximum Gasteiger partial charge on any atom is 0.0713 e. The molecule has 0 aliphatic carbocycles. The Kier molecular flexibility index (Phi) is 4.91. The predicted octanol–water partition coefficient (Wildman–Crippen LogP) is 1.59. The van der Waals surface area contributed by atoms with E-state index < -0.39 is 0 Å². The topological polar surface area (TPSA) is 21.3 Å². The van der Waals surface area contributed by atoms with E-state index in [9.17, 15) is 0 Å². The van der Waals surface area contributed by atoms with Crippen molar-refractivity contribution in [3.63, 3.8) is 0 Å². The molecule has 0 atom stereocenters. The molecule has 2 nitrogen and oxygen atoms in total. The van der Waals surface area contributed by atoms with Crippen molar-refractivity contribution in [2.45, 2.75) is 19.3 Å². The van der Waals surface area contributed by atoms with Gasteiger partial charge in [0.2, 0.25) is 0 Å². The Hall–Kier alpha value is 0.210. The van der Waals surface area contributed by atoms with Gasteiger partial charge in [0.05, 0.1) is 6.00 Å². The molecule has 66 valence electrons. The van der Waals surface area contributed by atoms with Crippen molar-refractivity contribution < 1.29 is 4.74 Å². The van der Waals surface area contributed by atoms with E-state index in [1.807, 2.05) is 0 Å². The van der Waals surface area contributed by atoms with Gasteiger partial charge in [-0.1, -0.05) is 0 Å². The largest absolute Gasteiger partial charge is 0.381 e. The van der Waals surface area contributed by atoms with Crippen LogP contribution in [0.2, 0.25) is 0 Å². The van der Waals surface area contributed by atoms with Gasteiger partial charge in [-0.3, -0.25) is 0 Å². The van der Waals surface area contributed by atoms with Crippen LogP contribution in [-0.4, -0.2) is 25.8 Å². The molecule has 1 saturated heterocycles. The van der Waals surface area contributed by atoms with Crippen LogP contribution in [0.15, 0.2) is 0 Å². The first-order chi connectivity index (χ1) is 5.43. The number of hydrogen-bond acceptors (Lipinski definition) is 2. The number of rotatable bonds is 4. The lowest BCUT2D eigenvalue weighted by Crippen LogP contribution is -2.21. The van der Waals surface area contributed by atoms with Crippen molar-refractivity contribution in [1.82, 2.24) is 5.32 Å². The first-order valence-corrected chi connectivity index (χ1v) is 4.81. The quantitative estimate of drug-likeness (QED) is 0.400. The van der Waals surface area contributed by atoms with E-state index >= 15 is 0 Å². The Labute approximate surface area is 73.3 Å². The lowest BCUT2D eigenvalue weighted by atomic mass is 9.97. The van der Waals surface area contributed by atoms with Crippen LogP contribution >= 0.6 is 11.6 Å². The maximum absolute atomic E-state index is 5.48. The highest BCUT2D eigenvalue weighted by atomic mass is 35.5. The summed E-state index contributed by atoms with van der Waals surface area (Å²) < 4.78 is 5.26. The third-order valence-electron chi connectivity index (χ3n) is 2.16. The van der Waals surface area contributed by atoms with E-state index in [0.29, 0.717) is 6.00 Å². The first kappa shape index (κ1) is 9.30. The zero-order valence-electron chi connectivity index (χ0n) is 6.81. The van der Waals surface area contributed by atoms with Gasteiger partial charge < -0.3 is 10.1 Å². The van der Waals surface area contributed by atoms with Gasteiger partial charge >= 0.3 is 0 Å². The average molecular weight is 178 g/mol. The molecule has 1 N–H and O–H groups in total. The highest BCUT2D eigenvalue weighted by Gasteiger charge is 2.12. The standard InChI is InChI=1S/C8H16ClNO/c9-7-10-4-1-8-2-5-11-6-3-8/h8,10H,1-7H2. The third-order valence-corrected chi connectivity index (χ3v) is 2.35. The van der Waals surface area contributed by atoms with Crippen LogP contribution in [0.25, 0.3) is 0 Å². The van der Waals surface area contributed by atoms with Crippen molar-refractivity contribution in [2.75, 3.05) is 25.8 Å². The number of nitrogens with one attached hydrogen (secondary N) is 1. The maximum atomic E-state index is 5.48. The Morgan fingerprint density at radius 2 is 2.09 bits per heavy atom. The van der Waals surface area contributed by atoms with Crippen LogP contribution in [-0.2, 0) is 4.74 Å². The van der Waals surface area contributed by atoms with Crippen LogP contribution in [0.3, 0.4) is 0 Å². The minimum atomic E-state index is 0.573. The Bertz CT molecular complexity index is 94.1. The number of hydrogen-bond donors (Lipinski definition) is 1. The molecule has 0 aromatic heterocycles. The minimum absolute atomic E-state index is 0.573. The number of alkyl halides is 1. The summed E-state index contributed by atoms with van der Waals surface area (Å²) in [5.41, 5.74) is 0. The molecule has 0 unspecified atom stereocenters. The van der Waals surface area contributed by atoms with Gasteiger partial charge in [0.1, 0.15) is 0 Å². The second-order valence-electron chi connectivity index (χ2n) is 2.98. The Balaban J connectivity index is 1.96. The van der Waals surface area contributed by atoms with E-state index in [2.05, 4.69) is 5.32 Å². The number of halogens is 1. The highest BCUT2D eigenvalue weighted by molar-refractivity contribution is 6.17. The normalized spacial score (nSPS) is 20.5. The van der Waals surface area contributed by atoms with Gasteiger partial charge in [0.25, 0.3) is 0 Å². The molecule has 1 fully saturated rings. The SMILES string of the molecule is ClCNCCC1CCOCC1. The van der Waals surface area contributed by atoms with E-state index in [1.54, 1.807) is 0 Å². The molecule has 11 heavy (non-hydrogen) atoms. The average Bonchev–Trinajstić information content (AvgIpc) is 2.07. The first-order valence-electron chi connectivity index (χ1n) is 4.28. The van der Waals surface area contributed by atoms with Gasteiger partial charge in [-0.2, -0.15) is 0 Å². The van der Waals surface area contributed by atoms with Gasteiger partial charge in [-0.05, 0) is 31.7 Å². The molecular weight excluding hydrogens is 162 g/mol. The molecule has 0 radical (unpaired) electrons. The summed E-state index contributed by atoms with van der Waals surface area (Å²) >= 11 is 5.48. The smallest absolute Gasteiger partial charge is 0.0713 e. The summed E-state index contributed by atoms with van der Waals surface area (Å²) in [6.07, 6.45) is 3.70. The van der Waals surface area contributed by atoms with E-state index in [1.165, 1.54) is 19.3 Å². The molecule has 3 heteroatoms. The van der Waals surface area contributed by atoms with E-state index in [4.69, 9.17) is 16.3 Å². The van der Waals surface area contributed by atoms with Gasteiger partial charge in [0, 0.05) is 13.2 Å². The fourth-order valence-corrected chi connectivity index (χ4v) is 1.54. The van der Waals surface area contributed by atoms with Crippen LogP contribution in [0.1, 0.15) is 19.3 Å². The van der Waals surface area contributed by atoms with Gasteiger partial charge in [0.15, 0.2) is 0 Å². The zero-order chi connectivity index (χ0) is 7.94. The summed E-state index contributed by atoms with van der Waals surface area (Å²) in [6.45, 7) is 2.95. The van der Waals surface area contributed by atoms with Crippen molar-refractivity contribution in [2.24, 2.45) is 5.92 Å². The van der Waals surface area contributed by atoms with Gasteiger partial charge in [-0.25, -0.2) is 0 Å². The molecule has 0 saturated carbocycles. The lowest BCUT2D eigenvalue weighted by Gasteiger charge is -2.21. The van der Waals surface area contributed by atoms with Crippen LogP contribution in [0.4, 0.5) is 0 Å². The van der Waals surface area contributed by atoms with Crippen LogP contribution in [0.5, 0.6) is 0 Å². The monoisotopic (exact) mass is 177 g/mol. The molecule has 0 aromatic carbocycles. The molecule has 1 rings (SSSR count). The van der Waals surface area contributed by atoms with E-state index in [-0.39, 0.29) is 0 Å². The summed E-state index contributed by atoms with van der Waals surface area (Å²) in [5, 5.41) is 3.12. The Morgan fingerprint density at radius 3 is 2.73 bits per heavy atom. The molecule has 1 aliphatic rings.